The van der Waals surface area contributed by atoms with Gasteiger partial charge in [0.1, 0.15) is 24.9 Å². The lowest BCUT2D eigenvalue weighted by Crippen LogP contribution is -2.50. The lowest BCUT2D eigenvalue weighted by Gasteiger charge is -2.57. The Kier molecular flexibility index (Phi) is 12.1. The third-order valence-electron chi connectivity index (χ3n) is 19.3. The Morgan fingerprint density at radius 2 is 1.10 bits per heavy atom. The second kappa shape index (κ2) is 17.4. The molecule has 3 N–H and O–H groups in total. The molecule has 10 nitrogen and oxygen atoms in total. The zero-order valence-corrected chi connectivity index (χ0v) is 41.5. The predicted molar refractivity (Wildman–Crippen MR) is 266 cm³/mol. The van der Waals surface area contributed by atoms with Crippen LogP contribution in [0, 0.1) is 57.2 Å². The number of benzene rings is 2. The van der Waals surface area contributed by atoms with E-state index in [2.05, 4.69) is 114 Å². The number of esters is 1. The highest BCUT2D eigenvalue weighted by Gasteiger charge is 2.59. The van der Waals surface area contributed by atoms with Crippen molar-refractivity contribution >= 4 is 47.0 Å². The second-order valence-electron chi connectivity index (χ2n) is 22.4. The summed E-state index contributed by atoms with van der Waals surface area (Å²) in [6.07, 6.45) is 27.6. The molecule has 6 unspecified atom stereocenters. The van der Waals surface area contributed by atoms with Gasteiger partial charge in [-0.1, -0.05) is 101 Å². The number of carbonyl (C=O) groups excluding carboxylic acids is 1. The van der Waals surface area contributed by atoms with Crippen molar-refractivity contribution < 1.29 is 29.0 Å². The number of carbonyl (C=O) groups is 1. The van der Waals surface area contributed by atoms with Crippen molar-refractivity contribution in [3.05, 3.63) is 96.6 Å². The highest BCUT2D eigenvalue weighted by atomic mass is 31.2. The van der Waals surface area contributed by atoms with Crippen molar-refractivity contribution in [3.63, 3.8) is 0 Å². The third-order valence-corrected chi connectivity index (χ3v) is 19.9. The van der Waals surface area contributed by atoms with E-state index in [1.807, 2.05) is 32.6 Å². The minimum atomic E-state index is -4.41. The summed E-state index contributed by atoms with van der Waals surface area (Å²) in [4.78, 5) is 39.5. The summed E-state index contributed by atoms with van der Waals surface area (Å²) >= 11 is 0. The number of nitrogens with zero attached hydrogens (tertiary/aromatic N) is 4. The Morgan fingerprint density at radius 3 is 1.61 bits per heavy atom. The molecule has 0 aliphatic heterocycles. The number of para-hydroxylation sites is 4. The Hall–Kier alpha value is -4.08. The van der Waals surface area contributed by atoms with Gasteiger partial charge >= 0.3 is 13.6 Å². The summed E-state index contributed by atoms with van der Waals surface area (Å²) < 4.78 is 21.3. The van der Waals surface area contributed by atoms with Crippen LogP contribution < -0.4 is 0 Å². The van der Waals surface area contributed by atoms with E-state index in [-0.39, 0.29) is 28.5 Å². The minimum absolute atomic E-state index is 0.0981. The quantitative estimate of drug-likeness (QED) is 0.102. The Balaban J connectivity index is 0.000000154. The highest BCUT2D eigenvalue weighted by Crippen LogP contribution is 2.67. The van der Waals surface area contributed by atoms with E-state index in [1.165, 1.54) is 60.1 Å². The van der Waals surface area contributed by atoms with Gasteiger partial charge in [0.25, 0.3) is 0 Å². The van der Waals surface area contributed by atoms with Gasteiger partial charge in [-0.2, -0.15) is 0 Å². The van der Waals surface area contributed by atoms with Crippen LogP contribution in [-0.2, 0) is 14.1 Å². The number of aliphatic hydroxyl groups excluding tert-OH is 1. The number of hydrogen-bond acceptors (Lipinski definition) is 6. The Bertz CT molecular complexity index is 2730. The number of rotatable bonds is 5. The number of fused-ring (bicyclic) bond motifs is 12. The molecule has 0 saturated heterocycles. The molecular formula is C56H73N4O6P. The highest BCUT2D eigenvalue weighted by molar-refractivity contribution is 7.52. The average Bonchev–Trinajstić information content (AvgIpc) is 4.09. The first-order valence-electron chi connectivity index (χ1n) is 25.7. The number of ether oxygens (including phenoxy) is 1. The molecule has 12 rings (SSSR count). The van der Waals surface area contributed by atoms with Crippen LogP contribution in [-0.4, -0.2) is 58.3 Å². The molecule has 67 heavy (non-hydrogen) atoms. The van der Waals surface area contributed by atoms with Gasteiger partial charge < -0.3 is 28.8 Å². The standard InChI is InChI=1S/C28H35N2O5P.C26H32N2O.C2H6/c1-27-13-11-19(35-26(31)16-36(32,33)34)15-18(27)7-8-20-21-9-10-25(28(21,2)14-12-22(20)27)30-17-29-23-5-3-4-6-24(23)30;1-25-13-11-18(29)15-17(25)7-8-19-20-9-10-24(26(20,2)14-12-21(19)25)28-16-27-22-5-3-4-6-23(22)28;1-2/h3-7,10,17,19-22H,8-9,11-16H2,1-2H3,(H2,32,33,34);3-7,10,16,18-21,29H,8-9,11-15H2,1-2H3;1-2H3/t19-,20?,21?,22?,27-,28-;18-,19?,20?,21?,25-,26-;/m00./s1. The van der Waals surface area contributed by atoms with Gasteiger partial charge in [-0.3, -0.25) is 9.36 Å². The maximum atomic E-state index is 12.0. The van der Waals surface area contributed by atoms with Crippen LogP contribution in [0.2, 0.25) is 0 Å². The number of aromatic nitrogens is 4. The normalized spacial score (nSPS) is 37.3. The summed E-state index contributed by atoms with van der Waals surface area (Å²) in [6, 6.07) is 16.9. The Morgan fingerprint density at radius 1 is 0.642 bits per heavy atom. The van der Waals surface area contributed by atoms with Crippen LogP contribution in [0.15, 0.2) is 96.6 Å². The molecule has 12 atom stereocenters. The van der Waals surface area contributed by atoms with Crippen LogP contribution in [0.25, 0.3) is 33.5 Å². The average molecular weight is 929 g/mol. The molecule has 4 aromatic rings. The first-order valence-corrected chi connectivity index (χ1v) is 27.5. The third kappa shape index (κ3) is 7.79. The summed E-state index contributed by atoms with van der Waals surface area (Å²) in [6.45, 7) is 13.9. The van der Waals surface area contributed by atoms with Crippen molar-refractivity contribution in [3.8, 4) is 0 Å². The van der Waals surface area contributed by atoms with E-state index < -0.39 is 19.7 Å². The molecule has 0 bridgehead atoms. The van der Waals surface area contributed by atoms with Gasteiger partial charge in [-0.05, 0) is 154 Å². The number of allylic oxidation sites excluding steroid dienone is 6. The van der Waals surface area contributed by atoms with Gasteiger partial charge in [0.2, 0.25) is 0 Å². The monoisotopic (exact) mass is 929 g/mol. The molecule has 2 aromatic carbocycles. The lowest BCUT2D eigenvalue weighted by atomic mass is 9.47. The molecule has 8 aliphatic rings. The molecule has 0 spiro atoms. The second-order valence-corrected chi connectivity index (χ2v) is 24.0. The molecule has 0 amide bonds. The van der Waals surface area contributed by atoms with Gasteiger partial charge in [0, 0.05) is 28.6 Å². The molecule has 11 heteroatoms. The van der Waals surface area contributed by atoms with Crippen molar-refractivity contribution in [1.82, 2.24) is 19.1 Å². The first-order chi connectivity index (χ1) is 32.1. The fourth-order valence-corrected chi connectivity index (χ4v) is 16.3. The molecule has 2 aromatic heterocycles. The van der Waals surface area contributed by atoms with Gasteiger partial charge in [0.05, 0.1) is 28.2 Å². The van der Waals surface area contributed by atoms with Crippen LogP contribution in [0.5, 0.6) is 0 Å². The van der Waals surface area contributed by atoms with E-state index in [4.69, 9.17) is 14.5 Å². The first kappa shape index (κ1) is 46.6. The number of imidazole rings is 2. The summed E-state index contributed by atoms with van der Waals surface area (Å²) in [5, 5.41) is 10.2. The minimum Gasteiger partial charge on any atom is -0.462 e. The fourth-order valence-electron chi connectivity index (χ4n) is 15.9. The van der Waals surface area contributed by atoms with Crippen molar-refractivity contribution in [1.29, 1.82) is 0 Å². The van der Waals surface area contributed by atoms with E-state index in [1.54, 1.807) is 5.57 Å². The molecule has 4 fully saturated rings. The summed E-state index contributed by atoms with van der Waals surface area (Å²) in [7, 11) is -4.41. The van der Waals surface area contributed by atoms with Gasteiger partial charge in [-0.25, -0.2) is 9.97 Å². The van der Waals surface area contributed by atoms with Crippen molar-refractivity contribution in [2.24, 2.45) is 57.2 Å². The zero-order valence-electron chi connectivity index (χ0n) is 40.6. The van der Waals surface area contributed by atoms with E-state index in [9.17, 15) is 14.5 Å². The van der Waals surface area contributed by atoms with Crippen LogP contribution in [0.3, 0.4) is 0 Å². The SMILES string of the molecule is CC.C[C@]12CC[C@H](O)CC1=CCC1C2CC[C@]2(C)C(n3cnc4ccccc43)=CCC12.C[C@]12CC[C@H](OC(=O)CP(=O)(O)O)CC1=CCC1C2CC[C@]2(C)C(n3cnc4ccccc43)=CCC12. The zero-order chi connectivity index (χ0) is 47.1. The largest absolute Gasteiger partial charge is 0.462 e. The van der Waals surface area contributed by atoms with Gasteiger partial charge in [0.15, 0.2) is 0 Å². The number of hydrogen-bond donors (Lipinski definition) is 3. The molecular weight excluding hydrogens is 856 g/mol. The lowest BCUT2D eigenvalue weighted by molar-refractivity contribution is -0.148. The van der Waals surface area contributed by atoms with E-state index in [0.717, 1.165) is 80.2 Å². The fraction of sp³-hybridized carbons (Fsp3) is 0.589. The maximum absolute atomic E-state index is 12.0. The predicted octanol–water partition coefficient (Wildman–Crippen LogP) is 12.4. The van der Waals surface area contributed by atoms with Crippen LogP contribution in [0.1, 0.15) is 131 Å². The molecule has 8 aliphatic carbocycles. The molecule has 0 radical (unpaired) electrons. The smallest absolute Gasteiger partial charge is 0.336 e. The van der Waals surface area contributed by atoms with Crippen molar-refractivity contribution in [2.75, 3.05) is 6.16 Å². The topological polar surface area (TPSA) is 140 Å². The summed E-state index contributed by atoms with van der Waals surface area (Å²) in [5.41, 5.74) is 11.1. The van der Waals surface area contributed by atoms with Crippen LogP contribution >= 0.6 is 7.60 Å². The molecule has 4 saturated carbocycles. The van der Waals surface area contributed by atoms with Gasteiger partial charge in [-0.15, -0.1) is 0 Å². The summed E-state index contributed by atoms with van der Waals surface area (Å²) in [5.74, 6) is 3.29. The molecule has 2 heterocycles. The molecule has 358 valence electrons. The van der Waals surface area contributed by atoms with Crippen LogP contribution in [0.4, 0.5) is 0 Å². The van der Waals surface area contributed by atoms with Crippen molar-refractivity contribution in [2.45, 2.75) is 144 Å². The van der Waals surface area contributed by atoms with E-state index >= 15 is 0 Å². The Labute approximate surface area is 397 Å². The van der Waals surface area contributed by atoms with E-state index in [0.29, 0.717) is 29.6 Å². The maximum Gasteiger partial charge on any atom is 0.336 e. The number of aliphatic hydroxyl groups is 1.